The van der Waals surface area contributed by atoms with Gasteiger partial charge in [0.05, 0.1) is 25.5 Å². The summed E-state index contributed by atoms with van der Waals surface area (Å²) in [5.41, 5.74) is -0.0369. The van der Waals surface area contributed by atoms with Crippen molar-refractivity contribution in [2.45, 2.75) is 32.0 Å². The topological polar surface area (TPSA) is 90.0 Å². The van der Waals surface area contributed by atoms with E-state index in [9.17, 15) is 14.0 Å². The fourth-order valence-corrected chi connectivity index (χ4v) is 4.53. The lowest BCUT2D eigenvalue weighted by Gasteiger charge is -2.23. The molecule has 1 unspecified atom stereocenters. The van der Waals surface area contributed by atoms with Crippen molar-refractivity contribution in [1.29, 1.82) is 0 Å². The number of imide groups is 1. The quantitative estimate of drug-likeness (QED) is 0.534. The standard InChI is InChI=1S/C24H22FN3O5S/c1-24(15-3-8-19-20(11-15)32-10-2-9-31-19)22(29)28(23(30)27-24)12-17-14-34-21(26-17)13-33-18-6-4-16(25)5-7-18/h3-8,11,14H,2,9-10,12-13H2,1H3,(H,27,30). The minimum atomic E-state index is -1.23. The summed E-state index contributed by atoms with van der Waals surface area (Å²) >= 11 is 1.36. The number of nitrogens with one attached hydrogen (secondary N) is 1. The molecule has 1 fully saturated rings. The Kier molecular flexibility index (Phi) is 5.82. The average Bonchev–Trinajstić information content (AvgIpc) is 3.26. The Bertz CT molecular complexity index is 1230. The molecule has 0 saturated carbocycles. The number of benzene rings is 2. The molecule has 2 aliphatic heterocycles. The van der Waals surface area contributed by atoms with Crippen molar-refractivity contribution in [3.63, 3.8) is 0 Å². The van der Waals surface area contributed by atoms with Crippen molar-refractivity contribution < 1.29 is 28.2 Å². The van der Waals surface area contributed by atoms with E-state index in [0.29, 0.717) is 46.7 Å². The molecule has 10 heteroatoms. The fourth-order valence-electron chi connectivity index (χ4n) is 3.84. The van der Waals surface area contributed by atoms with Crippen LogP contribution < -0.4 is 19.5 Å². The summed E-state index contributed by atoms with van der Waals surface area (Å²) < 4.78 is 30.0. The molecule has 3 heterocycles. The molecule has 1 saturated heterocycles. The second-order valence-electron chi connectivity index (χ2n) is 8.13. The van der Waals surface area contributed by atoms with E-state index in [-0.39, 0.29) is 24.9 Å². The molecule has 0 aliphatic carbocycles. The van der Waals surface area contributed by atoms with Crippen LogP contribution in [0.3, 0.4) is 0 Å². The fraction of sp³-hybridized carbons (Fsp3) is 0.292. The number of thiazole rings is 1. The maximum Gasteiger partial charge on any atom is 0.325 e. The van der Waals surface area contributed by atoms with E-state index in [1.165, 1.54) is 35.6 Å². The van der Waals surface area contributed by atoms with Crippen LogP contribution in [0.4, 0.5) is 9.18 Å². The Morgan fingerprint density at radius 1 is 1.15 bits per heavy atom. The van der Waals surface area contributed by atoms with E-state index in [2.05, 4.69) is 10.3 Å². The van der Waals surface area contributed by atoms with E-state index in [1.54, 1.807) is 30.5 Å². The predicted molar refractivity (Wildman–Crippen MR) is 121 cm³/mol. The highest BCUT2D eigenvalue weighted by molar-refractivity contribution is 7.09. The number of urea groups is 1. The molecule has 8 nitrogen and oxygen atoms in total. The average molecular weight is 484 g/mol. The van der Waals surface area contributed by atoms with Crippen molar-refractivity contribution in [2.75, 3.05) is 13.2 Å². The highest BCUT2D eigenvalue weighted by Crippen LogP contribution is 2.37. The molecule has 0 radical (unpaired) electrons. The third kappa shape index (κ3) is 4.28. The van der Waals surface area contributed by atoms with E-state index in [0.717, 1.165) is 11.3 Å². The predicted octanol–water partition coefficient (Wildman–Crippen LogP) is 3.99. The Morgan fingerprint density at radius 3 is 2.71 bits per heavy atom. The van der Waals surface area contributed by atoms with E-state index >= 15 is 0 Å². The minimum absolute atomic E-state index is 0.0395. The molecule has 1 N–H and O–H groups in total. The zero-order valence-corrected chi connectivity index (χ0v) is 19.2. The van der Waals surface area contributed by atoms with Crippen molar-refractivity contribution in [1.82, 2.24) is 15.2 Å². The molecule has 34 heavy (non-hydrogen) atoms. The zero-order valence-electron chi connectivity index (χ0n) is 18.4. The first-order chi connectivity index (χ1) is 16.4. The molecule has 0 spiro atoms. The van der Waals surface area contributed by atoms with Crippen LogP contribution in [0.1, 0.15) is 29.6 Å². The van der Waals surface area contributed by atoms with Gasteiger partial charge in [0.1, 0.15) is 28.7 Å². The lowest BCUT2D eigenvalue weighted by molar-refractivity contribution is -0.131. The summed E-state index contributed by atoms with van der Waals surface area (Å²) in [6.45, 7) is 3.01. The smallest absolute Gasteiger partial charge is 0.325 e. The highest BCUT2D eigenvalue weighted by atomic mass is 32.1. The molecular formula is C24H22FN3O5S. The van der Waals surface area contributed by atoms with E-state index in [1.807, 2.05) is 0 Å². The van der Waals surface area contributed by atoms with Crippen LogP contribution >= 0.6 is 11.3 Å². The number of hydrogen-bond donors (Lipinski definition) is 1. The Morgan fingerprint density at radius 2 is 1.91 bits per heavy atom. The van der Waals surface area contributed by atoms with Crippen molar-refractivity contribution in [3.05, 3.63) is 69.9 Å². The van der Waals surface area contributed by atoms with E-state index in [4.69, 9.17) is 14.2 Å². The van der Waals surface area contributed by atoms with Gasteiger partial charge < -0.3 is 19.5 Å². The molecule has 2 aromatic carbocycles. The number of carbonyl (C=O) groups is 2. The van der Waals surface area contributed by atoms with Crippen molar-refractivity contribution in [2.24, 2.45) is 0 Å². The Hall–Kier alpha value is -3.66. The van der Waals surface area contributed by atoms with Crippen molar-refractivity contribution >= 4 is 23.3 Å². The second kappa shape index (κ2) is 8.94. The lowest BCUT2D eigenvalue weighted by atomic mass is 9.91. The molecule has 2 aliphatic rings. The molecule has 0 bridgehead atoms. The summed E-state index contributed by atoms with van der Waals surface area (Å²) in [7, 11) is 0. The summed E-state index contributed by atoms with van der Waals surface area (Å²) in [6.07, 6.45) is 0.773. The van der Waals surface area contributed by atoms with Gasteiger partial charge in [-0.3, -0.25) is 9.69 Å². The summed E-state index contributed by atoms with van der Waals surface area (Å²) in [5, 5.41) is 5.27. The van der Waals surface area contributed by atoms with Crippen LogP contribution in [-0.4, -0.2) is 35.0 Å². The van der Waals surface area contributed by atoms with Gasteiger partial charge in [0.2, 0.25) is 0 Å². The van der Waals surface area contributed by atoms with Crippen molar-refractivity contribution in [3.8, 4) is 17.2 Å². The molecule has 3 aromatic rings. The van der Waals surface area contributed by atoms with Crippen LogP contribution in [0.25, 0.3) is 0 Å². The van der Waals surface area contributed by atoms with Gasteiger partial charge in [-0.05, 0) is 48.9 Å². The molecule has 1 aromatic heterocycles. The minimum Gasteiger partial charge on any atom is -0.490 e. The highest BCUT2D eigenvalue weighted by Gasteiger charge is 2.49. The van der Waals surface area contributed by atoms with Gasteiger partial charge >= 0.3 is 6.03 Å². The van der Waals surface area contributed by atoms with Gasteiger partial charge in [0.25, 0.3) is 5.91 Å². The number of aromatic nitrogens is 1. The number of carbonyl (C=O) groups excluding carboxylic acids is 2. The Balaban J connectivity index is 1.27. The normalized spacial score (nSPS) is 19.6. The SMILES string of the molecule is CC1(c2ccc3c(c2)OCCCO3)NC(=O)N(Cc2csc(COc3ccc(F)cc3)n2)C1=O. The van der Waals surface area contributed by atoms with E-state index < -0.39 is 11.6 Å². The van der Waals surface area contributed by atoms with Gasteiger partial charge in [0, 0.05) is 11.8 Å². The molecule has 1 atom stereocenters. The number of nitrogens with zero attached hydrogens (tertiary/aromatic N) is 2. The van der Waals surface area contributed by atoms with Gasteiger partial charge in [-0.2, -0.15) is 0 Å². The number of fused-ring (bicyclic) bond motifs is 1. The maximum atomic E-state index is 13.3. The number of ether oxygens (including phenoxy) is 3. The number of amides is 3. The monoisotopic (exact) mass is 483 g/mol. The van der Waals surface area contributed by atoms with Gasteiger partial charge in [-0.1, -0.05) is 6.07 Å². The number of rotatable bonds is 6. The number of hydrogen-bond acceptors (Lipinski definition) is 7. The van der Waals surface area contributed by atoms with Crippen LogP contribution in [0.2, 0.25) is 0 Å². The van der Waals surface area contributed by atoms with Gasteiger partial charge in [-0.25, -0.2) is 14.2 Å². The Labute approximate surface area is 199 Å². The van der Waals surface area contributed by atoms with Gasteiger partial charge in [0.15, 0.2) is 11.5 Å². The third-order valence-corrected chi connectivity index (χ3v) is 6.57. The van der Waals surface area contributed by atoms with Gasteiger partial charge in [-0.15, -0.1) is 11.3 Å². The largest absolute Gasteiger partial charge is 0.490 e. The number of halogens is 1. The van der Waals surface area contributed by atoms with Crippen LogP contribution in [0.5, 0.6) is 17.2 Å². The van der Waals surface area contributed by atoms with Crippen LogP contribution in [0, 0.1) is 5.82 Å². The molecule has 3 amide bonds. The van der Waals surface area contributed by atoms with Crippen LogP contribution in [-0.2, 0) is 23.5 Å². The molecular weight excluding hydrogens is 461 g/mol. The first-order valence-electron chi connectivity index (χ1n) is 10.8. The first-order valence-corrected chi connectivity index (χ1v) is 11.7. The summed E-state index contributed by atoms with van der Waals surface area (Å²) in [4.78, 5) is 31.7. The first kappa shape index (κ1) is 22.1. The van der Waals surface area contributed by atoms with Crippen LogP contribution in [0.15, 0.2) is 47.8 Å². The zero-order chi connectivity index (χ0) is 23.7. The lowest BCUT2D eigenvalue weighted by Crippen LogP contribution is -2.40. The third-order valence-electron chi connectivity index (χ3n) is 5.70. The maximum absolute atomic E-state index is 13.3. The molecule has 5 rings (SSSR count). The summed E-state index contributed by atoms with van der Waals surface area (Å²) in [5.74, 6) is 0.997. The summed E-state index contributed by atoms with van der Waals surface area (Å²) in [6, 6.07) is 10.5. The second-order valence-corrected chi connectivity index (χ2v) is 9.08. The molecule has 176 valence electrons.